The lowest BCUT2D eigenvalue weighted by Crippen LogP contribution is -2.24. The summed E-state index contributed by atoms with van der Waals surface area (Å²) < 4.78 is 31.6. The van der Waals surface area contributed by atoms with E-state index in [1.54, 1.807) is 12.1 Å². The van der Waals surface area contributed by atoms with Gasteiger partial charge in [0.05, 0.1) is 16.1 Å². The van der Waals surface area contributed by atoms with E-state index in [0.717, 1.165) is 41.5 Å². The molecule has 7 heteroatoms. The highest BCUT2D eigenvalue weighted by Crippen LogP contribution is 2.29. The Morgan fingerprint density at radius 3 is 2.37 bits per heavy atom. The van der Waals surface area contributed by atoms with E-state index < -0.39 is 16.0 Å². The van der Waals surface area contributed by atoms with Crippen LogP contribution in [0.25, 0.3) is 0 Å². The second-order valence-corrected chi connectivity index (χ2v) is 8.87. The van der Waals surface area contributed by atoms with Crippen molar-refractivity contribution in [2.75, 3.05) is 32.1 Å². The van der Waals surface area contributed by atoms with Crippen molar-refractivity contribution in [3.05, 3.63) is 59.7 Å². The Morgan fingerprint density at radius 1 is 1.07 bits per heavy atom. The summed E-state index contributed by atoms with van der Waals surface area (Å²) in [6.45, 7) is 1.83. The molecular formula is C20H24N2O4S. The summed E-state index contributed by atoms with van der Waals surface area (Å²) in [4.78, 5) is 15.0. The third-order valence-corrected chi connectivity index (χ3v) is 6.44. The molecule has 0 saturated carbocycles. The van der Waals surface area contributed by atoms with Crippen molar-refractivity contribution in [3.8, 4) is 0 Å². The maximum absolute atomic E-state index is 12.8. The third kappa shape index (κ3) is 4.31. The molecule has 1 aliphatic heterocycles. The van der Waals surface area contributed by atoms with Crippen molar-refractivity contribution in [1.82, 2.24) is 4.31 Å². The predicted octanol–water partition coefficient (Wildman–Crippen LogP) is 2.89. The van der Waals surface area contributed by atoms with Crippen LogP contribution in [0.1, 0.15) is 28.8 Å². The quantitative estimate of drug-likeness (QED) is 0.712. The largest absolute Gasteiger partial charge is 0.457 e. The molecule has 0 unspecified atom stereocenters. The molecule has 2 aromatic rings. The van der Waals surface area contributed by atoms with E-state index in [4.69, 9.17) is 4.74 Å². The number of anilines is 1. The average Bonchev–Trinajstić information content (AvgIpc) is 3.21. The fourth-order valence-electron chi connectivity index (χ4n) is 3.08. The molecule has 3 rings (SSSR count). The fraction of sp³-hybridized carbons (Fsp3) is 0.350. The lowest BCUT2D eigenvalue weighted by Gasteiger charge is -2.22. The molecule has 0 radical (unpaired) electrons. The highest BCUT2D eigenvalue weighted by atomic mass is 32.2. The number of hydrogen-bond acceptors (Lipinski definition) is 5. The SMILES string of the molecule is CN(C)S(=O)(=O)c1ccc(N2CCCC2)c(C(=O)OCc2ccccc2)c1. The normalized spacial score (nSPS) is 14.6. The van der Waals surface area contributed by atoms with Gasteiger partial charge in [-0.05, 0) is 36.6 Å². The summed E-state index contributed by atoms with van der Waals surface area (Å²) in [5, 5.41) is 0. The topological polar surface area (TPSA) is 66.9 Å². The van der Waals surface area contributed by atoms with Gasteiger partial charge in [-0.1, -0.05) is 30.3 Å². The van der Waals surface area contributed by atoms with E-state index in [9.17, 15) is 13.2 Å². The molecule has 0 aromatic heterocycles. The number of nitrogens with zero attached hydrogens (tertiary/aromatic N) is 2. The number of hydrogen-bond donors (Lipinski definition) is 0. The summed E-state index contributed by atoms with van der Waals surface area (Å²) in [6, 6.07) is 14.1. The minimum absolute atomic E-state index is 0.0853. The van der Waals surface area contributed by atoms with Crippen molar-refractivity contribution >= 4 is 21.7 Å². The van der Waals surface area contributed by atoms with Crippen LogP contribution in [0.4, 0.5) is 5.69 Å². The molecule has 0 amide bonds. The number of esters is 1. The molecule has 0 atom stereocenters. The summed E-state index contributed by atoms with van der Waals surface area (Å²) in [5.41, 5.74) is 1.89. The van der Waals surface area contributed by atoms with Gasteiger partial charge in [-0.15, -0.1) is 0 Å². The Kier molecular flexibility index (Phi) is 5.82. The summed E-state index contributed by atoms with van der Waals surface area (Å²) in [5.74, 6) is -0.517. The molecule has 2 aromatic carbocycles. The van der Waals surface area contributed by atoms with Crippen LogP contribution in [-0.2, 0) is 21.4 Å². The predicted molar refractivity (Wildman–Crippen MR) is 104 cm³/mol. The number of ether oxygens (including phenoxy) is 1. The number of carbonyl (C=O) groups excluding carboxylic acids is 1. The Bertz CT molecular complexity index is 905. The van der Waals surface area contributed by atoms with E-state index >= 15 is 0 Å². The standard InChI is InChI=1S/C20H24N2O4S/c1-21(2)27(24,25)17-10-11-19(22-12-6-7-13-22)18(14-17)20(23)26-15-16-8-4-3-5-9-16/h3-5,8-11,14H,6-7,12-13,15H2,1-2H3. The molecular weight excluding hydrogens is 364 g/mol. The van der Waals surface area contributed by atoms with Gasteiger partial charge in [0.1, 0.15) is 6.61 Å². The lowest BCUT2D eigenvalue weighted by molar-refractivity contribution is 0.0473. The van der Waals surface area contributed by atoms with Crippen LogP contribution in [0.3, 0.4) is 0 Å². The van der Waals surface area contributed by atoms with Gasteiger partial charge < -0.3 is 9.64 Å². The first kappa shape index (κ1) is 19.4. The van der Waals surface area contributed by atoms with Gasteiger partial charge in [-0.2, -0.15) is 0 Å². The van der Waals surface area contributed by atoms with E-state index in [0.29, 0.717) is 0 Å². The maximum atomic E-state index is 12.8. The number of benzene rings is 2. The molecule has 0 N–H and O–H groups in total. The molecule has 1 aliphatic rings. The minimum Gasteiger partial charge on any atom is -0.457 e. The zero-order valence-corrected chi connectivity index (χ0v) is 16.4. The van der Waals surface area contributed by atoms with E-state index in [1.165, 1.54) is 20.2 Å². The lowest BCUT2D eigenvalue weighted by atomic mass is 10.1. The zero-order chi connectivity index (χ0) is 19.4. The molecule has 144 valence electrons. The highest BCUT2D eigenvalue weighted by Gasteiger charge is 2.25. The van der Waals surface area contributed by atoms with Gasteiger partial charge in [0, 0.05) is 27.2 Å². The van der Waals surface area contributed by atoms with Crippen molar-refractivity contribution < 1.29 is 17.9 Å². The van der Waals surface area contributed by atoms with Crippen LogP contribution in [0.2, 0.25) is 0 Å². The van der Waals surface area contributed by atoms with Crippen molar-refractivity contribution in [2.45, 2.75) is 24.3 Å². The first-order chi connectivity index (χ1) is 12.9. The van der Waals surface area contributed by atoms with E-state index in [1.807, 2.05) is 30.3 Å². The third-order valence-electron chi connectivity index (χ3n) is 4.63. The molecule has 0 spiro atoms. The second kappa shape index (κ2) is 8.10. The van der Waals surface area contributed by atoms with Gasteiger partial charge in [-0.3, -0.25) is 0 Å². The first-order valence-corrected chi connectivity index (χ1v) is 10.4. The molecule has 0 aliphatic carbocycles. The van der Waals surface area contributed by atoms with Crippen LogP contribution < -0.4 is 4.90 Å². The Balaban J connectivity index is 1.92. The van der Waals surface area contributed by atoms with E-state index in [2.05, 4.69) is 4.90 Å². The van der Waals surface area contributed by atoms with Gasteiger partial charge in [-0.25, -0.2) is 17.5 Å². The number of rotatable bonds is 6. The molecule has 0 bridgehead atoms. The summed E-state index contributed by atoms with van der Waals surface area (Å²) in [7, 11) is -0.695. The van der Waals surface area contributed by atoms with Gasteiger partial charge in [0.2, 0.25) is 10.0 Å². The van der Waals surface area contributed by atoms with Crippen molar-refractivity contribution in [1.29, 1.82) is 0 Å². The van der Waals surface area contributed by atoms with Crippen LogP contribution in [0.15, 0.2) is 53.4 Å². The minimum atomic E-state index is -3.63. The molecule has 1 fully saturated rings. The monoisotopic (exact) mass is 388 g/mol. The molecule has 6 nitrogen and oxygen atoms in total. The van der Waals surface area contributed by atoms with Gasteiger partial charge in [0.15, 0.2) is 0 Å². The number of carbonyl (C=O) groups is 1. The van der Waals surface area contributed by atoms with Crippen molar-refractivity contribution in [3.63, 3.8) is 0 Å². The Morgan fingerprint density at radius 2 is 1.74 bits per heavy atom. The molecule has 1 heterocycles. The maximum Gasteiger partial charge on any atom is 0.340 e. The van der Waals surface area contributed by atoms with Crippen LogP contribution in [-0.4, -0.2) is 45.9 Å². The fourth-order valence-corrected chi connectivity index (χ4v) is 4.01. The second-order valence-electron chi connectivity index (χ2n) is 6.72. The van der Waals surface area contributed by atoms with Crippen LogP contribution >= 0.6 is 0 Å². The van der Waals surface area contributed by atoms with Crippen LogP contribution in [0, 0.1) is 0 Å². The molecule has 27 heavy (non-hydrogen) atoms. The molecule has 1 saturated heterocycles. The van der Waals surface area contributed by atoms with Crippen LogP contribution in [0.5, 0.6) is 0 Å². The van der Waals surface area contributed by atoms with E-state index in [-0.39, 0.29) is 17.1 Å². The first-order valence-electron chi connectivity index (χ1n) is 8.92. The van der Waals surface area contributed by atoms with Gasteiger partial charge in [0.25, 0.3) is 0 Å². The smallest absolute Gasteiger partial charge is 0.340 e. The summed E-state index contributed by atoms with van der Waals surface area (Å²) >= 11 is 0. The Hall–Kier alpha value is -2.38. The zero-order valence-electron chi connectivity index (χ0n) is 15.6. The number of sulfonamides is 1. The average molecular weight is 388 g/mol. The van der Waals surface area contributed by atoms with Crippen molar-refractivity contribution in [2.24, 2.45) is 0 Å². The highest BCUT2D eigenvalue weighted by molar-refractivity contribution is 7.89. The summed E-state index contributed by atoms with van der Waals surface area (Å²) in [6.07, 6.45) is 2.10. The van der Waals surface area contributed by atoms with Gasteiger partial charge >= 0.3 is 5.97 Å². The Labute approximate surface area is 160 Å².